The molecule has 0 atom stereocenters. The lowest BCUT2D eigenvalue weighted by atomic mass is 10.1. The zero-order chi connectivity index (χ0) is 19.0. The van der Waals surface area contributed by atoms with Crippen LogP contribution < -0.4 is 5.32 Å². The highest BCUT2D eigenvalue weighted by Crippen LogP contribution is 2.30. The van der Waals surface area contributed by atoms with Crippen molar-refractivity contribution >= 4 is 51.3 Å². The molecule has 0 bridgehead atoms. The third-order valence-electron chi connectivity index (χ3n) is 4.35. The van der Waals surface area contributed by atoms with Crippen molar-refractivity contribution in [2.75, 3.05) is 0 Å². The monoisotopic (exact) mass is 375 g/mol. The number of carbonyl (C=O) groups excluding carboxylic acids is 2. The molecule has 2 heterocycles. The molecule has 0 unspecified atom stereocenters. The number of carbonyl (C=O) groups is 2. The van der Waals surface area contributed by atoms with Crippen LogP contribution in [0.4, 0.5) is 5.69 Å². The molecule has 27 heavy (non-hydrogen) atoms. The Morgan fingerprint density at radius 3 is 2.81 bits per heavy atom. The van der Waals surface area contributed by atoms with Crippen LogP contribution in [0.2, 0.25) is 0 Å². The van der Waals surface area contributed by atoms with E-state index in [1.165, 1.54) is 18.7 Å². The van der Waals surface area contributed by atoms with Gasteiger partial charge in [0.15, 0.2) is 11.0 Å². The fourth-order valence-electron chi connectivity index (χ4n) is 3.02. The smallest absolute Gasteiger partial charge is 0.264 e. The van der Waals surface area contributed by atoms with E-state index in [0.717, 1.165) is 16.5 Å². The van der Waals surface area contributed by atoms with E-state index < -0.39 is 0 Å². The lowest BCUT2D eigenvalue weighted by Gasteiger charge is -1.99. The zero-order valence-electron chi connectivity index (χ0n) is 14.9. The first kappa shape index (κ1) is 17.3. The molecule has 0 aliphatic carbocycles. The van der Waals surface area contributed by atoms with Gasteiger partial charge in [0, 0.05) is 35.3 Å². The van der Waals surface area contributed by atoms with Gasteiger partial charge in [0.05, 0.1) is 10.6 Å². The second-order valence-corrected chi connectivity index (χ2v) is 7.33. The van der Waals surface area contributed by atoms with E-state index in [1.54, 1.807) is 24.3 Å². The average Bonchev–Trinajstić information content (AvgIpc) is 3.15. The van der Waals surface area contributed by atoms with Crippen molar-refractivity contribution in [3.8, 4) is 0 Å². The van der Waals surface area contributed by atoms with E-state index >= 15 is 0 Å². The van der Waals surface area contributed by atoms with Gasteiger partial charge in [-0.2, -0.15) is 0 Å². The van der Waals surface area contributed by atoms with E-state index in [4.69, 9.17) is 0 Å². The molecule has 6 heteroatoms. The molecule has 5 nitrogen and oxygen atoms in total. The molecular formula is C21H17N3O2S. The Kier molecular flexibility index (Phi) is 4.41. The lowest BCUT2D eigenvalue weighted by Crippen LogP contribution is -2.19. The maximum Gasteiger partial charge on any atom is 0.264 e. The van der Waals surface area contributed by atoms with Crippen molar-refractivity contribution in [2.24, 2.45) is 12.0 Å². The van der Waals surface area contributed by atoms with Crippen LogP contribution in [0, 0.1) is 0 Å². The minimum absolute atomic E-state index is 0.0169. The molecular weight excluding hydrogens is 358 g/mol. The van der Waals surface area contributed by atoms with Crippen LogP contribution in [0.15, 0.2) is 64.6 Å². The normalized spacial score (nSPS) is 17.0. The van der Waals surface area contributed by atoms with Gasteiger partial charge >= 0.3 is 0 Å². The van der Waals surface area contributed by atoms with Crippen LogP contribution in [-0.4, -0.2) is 21.4 Å². The molecule has 134 valence electrons. The molecule has 0 spiro atoms. The van der Waals surface area contributed by atoms with Gasteiger partial charge in [-0.05, 0) is 43.0 Å². The number of thioether (sulfide) groups is 1. The highest BCUT2D eigenvalue weighted by Gasteiger charge is 2.24. The minimum atomic E-state index is -0.172. The molecule has 1 aliphatic heterocycles. The van der Waals surface area contributed by atoms with Gasteiger partial charge in [-0.25, -0.2) is 4.99 Å². The average molecular weight is 375 g/mol. The topological polar surface area (TPSA) is 63.5 Å². The van der Waals surface area contributed by atoms with E-state index in [0.29, 0.717) is 21.3 Å². The molecule has 4 rings (SSSR count). The molecule has 1 aliphatic rings. The number of benzene rings is 2. The summed E-state index contributed by atoms with van der Waals surface area (Å²) in [7, 11) is 1.99. The molecule has 0 radical (unpaired) electrons. The van der Waals surface area contributed by atoms with E-state index in [9.17, 15) is 9.59 Å². The number of nitrogens with one attached hydrogen (secondary N) is 1. The maximum absolute atomic E-state index is 12.4. The first-order valence-electron chi connectivity index (χ1n) is 8.46. The van der Waals surface area contributed by atoms with E-state index in [2.05, 4.69) is 10.3 Å². The molecule has 2 aromatic carbocycles. The van der Waals surface area contributed by atoms with E-state index in [-0.39, 0.29) is 11.7 Å². The number of nitrogens with zero attached hydrogens (tertiary/aromatic N) is 2. The Bertz CT molecular complexity index is 1140. The zero-order valence-corrected chi connectivity index (χ0v) is 15.7. The number of para-hydroxylation sites is 1. The number of fused-ring (bicyclic) bond motifs is 1. The van der Waals surface area contributed by atoms with E-state index in [1.807, 2.05) is 48.2 Å². The fraction of sp³-hybridized carbons (Fsp3) is 0.0952. The minimum Gasteiger partial charge on any atom is -0.350 e. The van der Waals surface area contributed by atoms with Crippen molar-refractivity contribution < 1.29 is 9.59 Å². The molecule has 1 saturated heterocycles. The standard InChI is InChI=1S/C21H17N3O2S/c1-13(25)14-6-5-7-16(10-14)22-21-23-20(26)19(27-21)11-15-12-24(2)18-9-4-3-8-17(15)18/h3-12H,1-2H3,(H,22,23,26)/b19-11-. The van der Waals surface area contributed by atoms with Crippen molar-refractivity contribution in [1.82, 2.24) is 9.88 Å². The van der Waals surface area contributed by atoms with Gasteiger partial charge in [-0.1, -0.05) is 30.3 Å². The van der Waals surface area contributed by atoms with Gasteiger partial charge in [-0.3, -0.25) is 9.59 Å². The van der Waals surface area contributed by atoms with Gasteiger partial charge in [0.1, 0.15) is 0 Å². The number of Topliss-reactive ketones (excluding diaryl/α,β-unsaturated/α-hetero) is 1. The van der Waals surface area contributed by atoms with Crippen molar-refractivity contribution in [2.45, 2.75) is 6.92 Å². The predicted molar refractivity (Wildman–Crippen MR) is 110 cm³/mol. The van der Waals surface area contributed by atoms with Crippen molar-refractivity contribution in [3.05, 3.63) is 70.8 Å². The van der Waals surface area contributed by atoms with Crippen LogP contribution in [-0.2, 0) is 11.8 Å². The second-order valence-electron chi connectivity index (χ2n) is 6.30. The number of hydrogen-bond donors (Lipinski definition) is 1. The summed E-state index contributed by atoms with van der Waals surface area (Å²) in [5, 5.41) is 4.39. The Morgan fingerprint density at radius 1 is 1.19 bits per heavy atom. The lowest BCUT2D eigenvalue weighted by molar-refractivity contribution is -0.115. The number of hydrogen-bond acceptors (Lipinski definition) is 4. The number of aryl methyl sites for hydroxylation is 1. The first-order chi connectivity index (χ1) is 13.0. The third-order valence-corrected chi connectivity index (χ3v) is 5.26. The van der Waals surface area contributed by atoms with Gasteiger partial charge in [-0.15, -0.1) is 0 Å². The van der Waals surface area contributed by atoms with Gasteiger partial charge in [0.2, 0.25) is 0 Å². The third kappa shape index (κ3) is 3.44. The quantitative estimate of drug-likeness (QED) is 0.549. The summed E-state index contributed by atoms with van der Waals surface area (Å²) in [6.07, 6.45) is 3.90. The highest BCUT2D eigenvalue weighted by molar-refractivity contribution is 8.18. The Balaban J connectivity index is 1.65. The number of amidine groups is 1. The number of aromatic nitrogens is 1. The van der Waals surface area contributed by atoms with Gasteiger partial charge < -0.3 is 9.88 Å². The summed E-state index contributed by atoms with van der Waals surface area (Å²) in [5.74, 6) is -0.189. The fourth-order valence-corrected chi connectivity index (χ4v) is 3.85. The largest absolute Gasteiger partial charge is 0.350 e. The summed E-state index contributed by atoms with van der Waals surface area (Å²) < 4.78 is 2.04. The molecule has 1 fully saturated rings. The maximum atomic E-state index is 12.4. The first-order valence-corrected chi connectivity index (χ1v) is 9.27. The molecule has 0 saturated carbocycles. The number of amides is 1. The number of aliphatic imine (C=N–C) groups is 1. The van der Waals surface area contributed by atoms with Crippen LogP contribution in [0.5, 0.6) is 0 Å². The summed E-state index contributed by atoms with van der Waals surface area (Å²) >= 11 is 1.30. The molecule has 1 N–H and O–H groups in total. The molecule has 1 amide bonds. The SMILES string of the molecule is CC(=O)c1cccc(N=C2NC(=O)/C(=C/c3cn(C)c4ccccc34)S2)c1. The van der Waals surface area contributed by atoms with Crippen LogP contribution in [0.3, 0.4) is 0 Å². The number of rotatable bonds is 3. The molecule has 3 aromatic rings. The second kappa shape index (κ2) is 6.89. The van der Waals surface area contributed by atoms with Crippen molar-refractivity contribution in [3.63, 3.8) is 0 Å². The summed E-state index contributed by atoms with van der Waals surface area (Å²) in [5.41, 5.74) is 3.34. The van der Waals surface area contributed by atoms with Crippen LogP contribution >= 0.6 is 11.8 Å². The Labute approximate surface area is 160 Å². The Hall–Kier alpha value is -3.12. The highest BCUT2D eigenvalue weighted by atomic mass is 32.2. The Morgan fingerprint density at radius 2 is 2.00 bits per heavy atom. The predicted octanol–water partition coefficient (Wildman–Crippen LogP) is 4.27. The summed E-state index contributed by atoms with van der Waals surface area (Å²) in [6, 6.07) is 15.1. The van der Waals surface area contributed by atoms with Crippen LogP contribution in [0.1, 0.15) is 22.8 Å². The summed E-state index contributed by atoms with van der Waals surface area (Å²) in [6.45, 7) is 1.52. The van der Waals surface area contributed by atoms with Gasteiger partial charge in [0.25, 0.3) is 5.91 Å². The van der Waals surface area contributed by atoms with Crippen molar-refractivity contribution in [1.29, 1.82) is 0 Å². The van der Waals surface area contributed by atoms with Crippen LogP contribution in [0.25, 0.3) is 17.0 Å². The summed E-state index contributed by atoms with van der Waals surface area (Å²) in [4.78, 5) is 28.9. The number of ketones is 1. The molecule has 1 aromatic heterocycles.